The summed E-state index contributed by atoms with van der Waals surface area (Å²) < 4.78 is 4.85. The summed E-state index contributed by atoms with van der Waals surface area (Å²) in [6, 6.07) is 71.1. The van der Waals surface area contributed by atoms with Crippen LogP contribution in [0, 0.1) is 0 Å². The lowest BCUT2D eigenvalue weighted by Crippen LogP contribution is -1.95. The van der Waals surface area contributed by atoms with Gasteiger partial charge in [0.25, 0.3) is 0 Å². The minimum absolute atomic E-state index is 1.17. The Morgan fingerprint density at radius 2 is 0.750 bits per heavy atom. The lowest BCUT2D eigenvalue weighted by Gasteiger charge is -2.14. The molecule has 0 aliphatic heterocycles. The highest BCUT2D eigenvalue weighted by Crippen LogP contribution is 2.40. The van der Waals surface area contributed by atoms with Crippen molar-refractivity contribution in [2.24, 2.45) is 0 Å². The largest absolute Gasteiger partial charge is 0.309 e. The quantitative estimate of drug-likeness (QED) is 0.178. The molecule has 11 aromatic rings. The van der Waals surface area contributed by atoms with Crippen molar-refractivity contribution >= 4 is 65.2 Å². The van der Waals surface area contributed by atoms with Gasteiger partial charge in [-0.15, -0.1) is 0 Å². The molecule has 0 aliphatic carbocycles. The van der Waals surface area contributed by atoms with Gasteiger partial charge in [0, 0.05) is 32.9 Å². The molecule has 2 heteroatoms. The first kappa shape index (κ1) is 28.9. The average Bonchev–Trinajstić information content (AvgIpc) is 3.73. The van der Waals surface area contributed by atoms with Crippen molar-refractivity contribution in [2.75, 3.05) is 0 Å². The molecule has 2 aromatic heterocycles. The summed E-state index contributed by atoms with van der Waals surface area (Å²) in [6.07, 6.45) is 0. The van der Waals surface area contributed by atoms with E-state index in [2.05, 4.69) is 203 Å². The van der Waals surface area contributed by atoms with Crippen LogP contribution in [0.25, 0.3) is 98.8 Å². The highest BCUT2D eigenvalue weighted by atomic mass is 15.0. The smallest absolute Gasteiger partial charge is 0.0541 e. The summed E-state index contributed by atoms with van der Waals surface area (Å²) in [6.45, 7) is 0. The first-order chi connectivity index (χ1) is 25.8. The number of hydrogen-bond acceptors (Lipinski definition) is 0. The zero-order valence-electron chi connectivity index (χ0n) is 28.4. The predicted octanol–water partition coefficient (Wildman–Crippen LogP) is 13.5. The van der Waals surface area contributed by atoms with E-state index in [-0.39, 0.29) is 0 Å². The molecular weight excluding hydrogens is 629 g/mol. The fourth-order valence-corrected chi connectivity index (χ4v) is 8.46. The average molecular weight is 661 g/mol. The van der Waals surface area contributed by atoms with E-state index in [1.165, 1.54) is 98.8 Å². The highest BCUT2D eigenvalue weighted by Gasteiger charge is 2.17. The van der Waals surface area contributed by atoms with E-state index in [1.54, 1.807) is 0 Å². The molecule has 9 aromatic carbocycles. The molecule has 0 fully saturated rings. The Morgan fingerprint density at radius 3 is 1.42 bits per heavy atom. The number of aromatic nitrogens is 2. The van der Waals surface area contributed by atoms with Crippen LogP contribution in [0.1, 0.15) is 0 Å². The van der Waals surface area contributed by atoms with Gasteiger partial charge in [0.05, 0.1) is 22.1 Å². The van der Waals surface area contributed by atoms with Crippen molar-refractivity contribution in [2.45, 2.75) is 0 Å². The molecule has 0 amide bonds. The SMILES string of the molecule is c1ccc(-c2cc(-n3c4ccccc4c4cc(-c5ccc6c(c5)c5ccccc5n6-c5ccc6ccccc6c5)ccc43)cc3ccccc23)cc1. The van der Waals surface area contributed by atoms with Crippen LogP contribution in [0.2, 0.25) is 0 Å². The van der Waals surface area contributed by atoms with Gasteiger partial charge in [0.1, 0.15) is 0 Å². The van der Waals surface area contributed by atoms with Crippen molar-refractivity contribution in [1.82, 2.24) is 9.13 Å². The molecule has 0 saturated heterocycles. The molecule has 242 valence electrons. The van der Waals surface area contributed by atoms with E-state index in [4.69, 9.17) is 0 Å². The number of para-hydroxylation sites is 2. The molecule has 0 saturated carbocycles. The first-order valence-corrected chi connectivity index (χ1v) is 17.9. The molecule has 0 N–H and O–H groups in total. The molecule has 2 nitrogen and oxygen atoms in total. The number of rotatable bonds is 4. The molecule has 52 heavy (non-hydrogen) atoms. The van der Waals surface area contributed by atoms with Gasteiger partial charge < -0.3 is 9.13 Å². The van der Waals surface area contributed by atoms with Crippen molar-refractivity contribution in [1.29, 1.82) is 0 Å². The zero-order chi connectivity index (χ0) is 34.2. The molecule has 0 unspecified atom stereocenters. The standard InChI is InChI=1S/C50H32N2/c1-2-13-34(14-3-1)44-32-40(29-38-16-6-7-17-41(38)44)52-48-21-11-9-19-43(48)46-31-37(24-27-50(46)52)36-23-26-49-45(30-36)42-18-8-10-20-47(42)51(49)39-25-22-33-12-4-5-15-35(33)28-39/h1-32H. The van der Waals surface area contributed by atoms with E-state index >= 15 is 0 Å². The van der Waals surface area contributed by atoms with Crippen LogP contribution in [0.5, 0.6) is 0 Å². The van der Waals surface area contributed by atoms with E-state index < -0.39 is 0 Å². The van der Waals surface area contributed by atoms with Crippen LogP contribution in [0.4, 0.5) is 0 Å². The third-order valence-corrected chi connectivity index (χ3v) is 10.9. The second-order valence-corrected chi connectivity index (χ2v) is 13.8. The Morgan fingerprint density at radius 1 is 0.250 bits per heavy atom. The summed E-state index contributed by atoms with van der Waals surface area (Å²) in [5.41, 5.74) is 12.1. The van der Waals surface area contributed by atoms with Crippen LogP contribution in [0.3, 0.4) is 0 Å². The molecule has 0 atom stereocenters. The Hall–Kier alpha value is -6.90. The maximum atomic E-state index is 2.44. The summed E-state index contributed by atoms with van der Waals surface area (Å²) in [7, 11) is 0. The van der Waals surface area contributed by atoms with Gasteiger partial charge in [-0.25, -0.2) is 0 Å². The van der Waals surface area contributed by atoms with Gasteiger partial charge in [-0.1, -0.05) is 133 Å². The van der Waals surface area contributed by atoms with Gasteiger partial charge in [0.15, 0.2) is 0 Å². The van der Waals surface area contributed by atoms with Crippen molar-refractivity contribution < 1.29 is 0 Å². The maximum absolute atomic E-state index is 2.44. The summed E-state index contributed by atoms with van der Waals surface area (Å²) in [5.74, 6) is 0. The third kappa shape index (κ3) is 4.38. The predicted molar refractivity (Wildman–Crippen MR) is 221 cm³/mol. The molecule has 11 rings (SSSR count). The molecule has 2 heterocycles. The second kappa shape index (κ2) is 11.3. The van der Waals surface area contributed by atoms with Crippen LogP contribution in [0.15, 0.2) is 194 Å². The second-order valence-electron chi connectivity index (χ2n) is 13.8. The van der Waals surface area contributed by atoms with E-state index in [0.29, 0.717) is 0 Å². The van der Waals surface area contributed by atoms with E-state index in [9.17, 15) is 0 Å². The van der Waals surface area contributed by atoms with Gasteiger partial charge in [-0.3, -0.25) is 0 Å². The molecular formula is C50H32N2. The normalized spacial score (nSPS) is 11.8. The van der Waals surface area contributed by atoms with E-state index in [0.717, 1.165) is 0 Å². The Labute approximate surface area is 301 Å². The zero-order valence-corrected chi connectivity index (χ0v) is 28.4. The fraction of sp³-hybridized carbons (Fsp3) is 0. The fourth-order valence-electron chi connectivity index (χ4n) is 8.46. The number of nitrogens with zero attached hydrogens (tertiary/aromatic N) is 2. The van der Waals surface area contributed by atoms with Crippen LogP contribution in [-0.2, 0) is 0 Å². The van der Waals surface area contributed by atoms with Crippen molar-refractivity contribution in [3.05, 3.63) is 194 Å². The van der Waals surface area contributed by atoms with Gasteiger partial charge in [-0.05, 0) is 104 Å². The number of fused-ring (bicyclic) bond motifs is 8. The molecule has 0 aliphatic rings. The Bertz CT molecular complexity index is 3180. The molecule has 0 spiro atoms. The van der Waals surface area contributed by atoms with Gasteiger partial charge in [0.2, 0.25) is 0 Å². The van der Waals surface area contributed by atoms with Crippen molar-refractivity contribution in [3.63, 3.8) is 0 Å². The lowest BCUT2D eigenvalue weighted by atomic mass is 9.97. The number of hydrogen-bond donors (Lipinski definition) is 0. The minimum atomic E-state index is 1.17. The summed E-state index contributed by atoms with van der Waals surface area (Å²) in [4.78, 5) is 0. The van der Waals surface area contributed by atoms with Crippen molar-refractivity contribution in [3.8, 4) is 33.6 Å². The third-order valence-electron chi connectivity index (χ3n) is 10.9. The summed E-state index contributed by atoms with van der Waals surface area (Å²) in [5, 5.41) is 10.0. The Balaban J connectivity index is 1.10. The minimum Gasteiger partial charge on any atom is -0.309 e. The van der Waals surface area contributed by atoms with E-state index in [1.807, 2.05) is 0 Å². The molecule has 0 radical (unpaired) electrons. The number of benzene rings is 9. The highest BCUT2D eigenvalue weighted by molar-refractivity contribution is 6.13. The van der Waals surface area contributed by atoms with Crippen LogP contribution >= 0.6 is 0 Å². The Kier molecular flexibility index (Phi) is 6.28. The van der Waals surface area contributed by atoms with Gasteiger partial charge in [-0.2, -0.15) is 0 Å². The summed E-state index contributed by atoms with van der Waals surface area (Å²) >= 11 is 0. The lowest BCUT2D eigenvalue weighted by molar-refractivity contribution is 1.18. The molecule has 0 bridgehead atoms. The monoisotopic (exact) mass is 660 g/mol. The van der Waals surface area contributed by atoms with Crippen LogP contribution < -0.4 is 0 Å². The first-order valence-electron chi connectivity index (χ1n) is 17.9. The maximum Gasteiger partial charge on any atom is 0.0541 e. The van der Waals surface area contributed by atoms with Crippen LogP contribution in [-0.4, -0.2) is 9.13 Å². The van der Waals surface area contributed by atoms with Gasteiger partial charge >= 0.3 is 0 Å². The topological polar surface area (TPSA) is 9.86 Å².